The number of hydrogen-bond acceptors (Lipinski definition) is 2. The predicted octanol–water partition coefficient (Wildman–Crippen LogP) is 3.97. The lowest BCUT2D eigenvalue weighted by Crippen LogP contribution is -2.06. The maximum Gasteiger partial charge on any atom is 0.197 e. The molecule has 0 spiro atoms. The molecule has 0 fully saturated rings. The second-order valence-electron chi connectivity index (χ2n) is 3.80. The Labute approximate surface area is 117 Å². The predicted molar refractivity (Wildman–Crippen MR) is 70.5 cm³/mol. The van der Waals surface area contributed by atoms with E-state index in [1.165, 1.54) is 31.4 Å². The quantitative estimate of drug-likeness (QED) is 0.798. The first kappa shape index (κ1) is 13.7. The van der Waals surface area contributed by atoms with E-state index in [1.54, 1.807) is 0 Å². The van der Waals surface area contributed by atoms with Gasteiger partial charge in [-0.3, -0.25) is 4.79 Å². The molecule has 0 bridgehead atoms. The molecule has 0 aliphatic rings. The molecule has 0 amide bonds. The number of benzene rings is 2. The van der Waals surface area contributed by atoms with Crippen molar-refractivity contribution in [3.8, 4) is 5.75 Å². The van der Waals surface area contributed by atoms with Crippen LogP contribution < -0.4 is 4.74 Å². The molecular weight excluding hydrogens is 318 g/mol. The highest BCUT2D eigenvalue weighted by atomic mass is 79.9. The number of ketones is 1. The third-order valence-electron chi connectivity index (χ3n) is 2.59. The van der Waals surface area contributed by atoms with Crippen molar-refractivity contribution in [2.45, 2.75) is 0 Å². The molecular formula is C14H9BrF2O2. The van der Waals surface area contributed by atoms with Crippen LogP contribution >= 0.6 is 15.9 Å². The molecule has 2 aromatic carbocycles. The Hall–Kier alpha value is -1.75. The van der Waals surface area contributed by atoms with Gasteiger partial charge in [0.2, 0.25) is 0 Å². The van der Waals surface area contributed by atoms with Crippen LogP contribution in [0.25, 0.3) is 0 Å². The summed E-state index contributed by atoms with van der Waals surface area (Å²) in [6.07, 6.45) is 0. The molecule has 0 heterocycles. The Morgan fingerprint density at radius 2 is 1.84 bits per heavy atom. The zero-order valence-corrected chi connectivity index (χ0v) is 11.5. The van der Waals surface area contributed by atoms with E-state index in [1.807, 2.05) is 0 Å². The summed E-state index contributed by atoms with van der Waals surface area (Å²) in [4.78, 5) is 12.2. The number of carbonyl (C=O) groups is 1. The highest BCUT2D eigenvalue weighted by Crippen LogP contribution is 2.24. The maximum atomic E-state index is 13.8. The Morgan fingerprint density at radius 1 is 1.11 bits per heavy atom. The lowest BCUT2D eigenvalue weighted by molar-refractivity contribution is 0.103. The number of methoxy groups -OCH3 is 1. The van der Waals surface area contributed by atoms with Gasteiger partial charge in [-0.15, -0.1) is 0 Å². The molecule has 2 rings (SSSR count). The first-order valence-electron chi connectivity index (χ1n) is 5.36. The van der Waals surface area contributed by atoms with Crippen molar-refractivity contribution in [1.82, 2.24) is 0 Å². The van der Waals surface area contributed by atoms with Gasteiger partial charge in [0.15, 0.2) is 5.78 Å². The van der Waals surface area contributed by atoms with E-state index in [0.717, 1.165) is 12.1 Å². The van der Waals surface area contributed by atoms with E-state index in [4.69, 9.17) is 4.74 Å². The monoisotopic (exact) mass is 326 g/mol. The van der Waals surface area contributed by atoms with Gasteiger partial charge in [-0.1, -0.05) is 15.9 Å². The van der Waals surface area contributed by atoms with E-state index in [-0.39, 0.29) is 11.1 Å². The minimum Gasteiger partial charge on any atom is -0.497 e. The summed E-state index contributed by atoms with van der Waals surface area (Å²) >= 11 is 3.15. The third-order valence-corrected chi connectivity index (χ3v) is 3.29. The smallest absolute Gasteiger partial charge is 0.197 e. The summed E-state index contributed by atoms with van der Waals surface area (Å²) < 4.78 is 32.2. The van der Waals surface area contributed by atoms with Gasteiger partial charge in [0, 0.05) is 16.1 Å². The molecule has 5 heteroatoms. The molecule has 19 heavy (non-hydrogen) atoms. The van der Waals surface area contributed by atoms with Crippen molar-refractivity contribution in [1.29, 1.82) is 0 Å². The molecule has 98 valence electrons. The van der Waals surface area contributed by atoms with Crippen molar-refractivity contribution in [3.63, 3.8) is 0 Å². The Morgan fingerprint density at radius 3 is 2.47 bits per heavy atom. The zero-order valence-electron chi connectivity index (χ0n) is 9.91. The number of carbonyl (C=O) groups excluding carboxylic acids is 1. The van der Waals surface area contributed by atoms with Gasteiger partial charge >= 0.3 is 0 Å². The molecule has 0 saturated carbocycles. The van der Waals surface area contributed by atoms with Crippen LogP contribution in [-0.2, 0) is 0 Å². The van der Waals surface area contributed by atoms with Gasteiger partial charge in [-0.05, 0) is 30.3 Å². The first-order valence-corrected chi connectivity index (χ1v) is 6.15. The molecule has 0 N–H and O–H groups in total. The van der Waals surface area contributed by atoms with Gasteiger partial charge in [-0.25, -0.2) is 8.78 Å². The van der Waals surface area contributed by atoms with E-state index in [0.29, 0.717) is 10.2 Å². The topological polar surface area (TPSA) is 26.3 Å². The van der Waals surface area contributed by atoms with Crippen molar-refractivity contribution in [2.24, 2.45) is 0 Å². The van der Waals surface area contributed by atoms with Crippen molar-refractivity contribution in [2.75, 3.05) is 7.11 Å². The number of ether oxygens (including phenoxy) is 1. The molecule has 0 aromatic heterocycles. The SMILES string of the molecule is COc1ccc(C(=O)c2cc(F)ccc2Br)c(F)c1. The van der Waals surface area contributed by atoms with Crippen molar-refractivity contribution >= 4 is 21.7 Å². The van der Waals surface area contributed by atoms with Gasteiger partial charge < -0.3 is 4.74 Å². The van der Waals surface area contributed by atoms with Gasteiger partial charge in [0.05, 0.1) is 12.7 Å². The lowest BCUT2D eigenvalue weighted by Gasteiger charge is -2.07. The Bertz CT molecular complexity index is 641. The molecule has 2 aromatic rings. The average Bonchev–Trinajstić information content (AvgIpc) is 2.40. The van der Waals surface area contributed by atoms with E-state index in [2.05, 4.69) is 15.9 Å². The minimum atomic E-state index is -0.708. The van der Waals surface area contributed by atoms with Crippen LogP contribution in [-0.4, -0.2) is 12.9 Å². The van der Waals surface area contributed by atoms with Crippen LogP contribution in [0.3, 0.4) is 0 Å². The third kappa shape index (κ3) is 2.81. The summed E-state index contributed by atoms with van der Waals surface area (Å²) in [5.41, 5.74) is -0.0591. The molecule has 2 nitrogen and oxygen atoms in total. The first-order chi connectivity index (χ1) is 9.02. The van der Waals surface area contributed by atoms with E-state index in [9.17, 15) is 13.6 Å². The summed E-state index contributed by atoms with van der Waals surface area (Å²) in [5.74, 6) is -1.54. The minimum absolute atomic E-state index is 0.0732. The normalized spacial score (nSPS) is 10.3. The average molecular weight is 327 g/mol. The lowest BCUT2D eigenvalue weighted by atomic mass is 10.0. The zero-order chi connectivity index (χ0) is 14.0. The fourth-order valence-electron chi connectivity index (χ4n) is 1.62. The van der Waals surface area contributed by atoms with Crippen LogP contribution in [0.2, 0.25) is 0 Å². The molecule has 0 saturated heterocycles. The highest BCUT2D eigenvalue weighted by Gasteiger charge is 2.17. The van der Waals surface area contributed by atoms with E-state index >= 15 is 0 Å². The molecule has 0 radical (unpaired) electrons. The number of rotatable bonds is 3. The standard InChI is InChI=1S/C14H9BrF2O2/c1-19-9-3-4-10(13(17)7-9)14(18)11-6-8(16)2-5-12(11)15/h2-7H,1H3. The van der Waals surface area contributed by atoms with Crippen molar-refractivity contribution in [3.05, 3.63) is 63.6 Å². The molecule has 0 unspecified atom stereocenters. The van der Waals surface area contributed by atoms with Crippen LogP contribution in [0.15, 0.2) is 40.9 Å². The molecule has 0 aliphatic heterocycles. The fourth-order valence-corrected chi connectivity index (χ4v) is 2.05. The van der Waals surface area contributed by atoms with Crippen LogP contribution in [0.4, 0.5) is 8.78 Å². The number of hydrogen-bond donors (Lipinski definition) is 0. The molecule has 0 atom stereocenters. The molecule has 0 aliphatic carbocycles. The van der Waals surface area contributed by atoms with Gasteiger partial charge in [0.1, 0.15) is 17.4 Å². The van der Waals surface area contributed by atoms with Crippen LogP contribution in [0.1, 0.15) is 15.9 Å². The summed E-state index contributed by atoms with van der Waals surface area (Å²) in [6.45, 7) is 0. The second-order valence-corrected chi connectivity index (χ2v) is 4.65. The Kier molecular flexibility index (Phi) is 3.95. The summed E-state index contributed by atoms with van der Waals surface area (Å²) in [7, 11) is 1.40. The van der Waals surface area contributed by atoms with E-state index < -0.39 is 17.4 Å². The summed E-state index contributed by atoms with van der Waals surface area (Å²) in [5, 5.41) is 0. The van der Waals surface area contributed by atoms with Crippen LogP contribution in [0, 0.1) is 11.6 Å². The number of halogens is 3. The van der Waals surface area contributed by atoms with Gasteiger partial charge in [-0.2, -0.15) is 0 Å². The largest absolute Gasteiger partial charge is 0.497 e. The highest BCUT2D eigenvalue weighted by molar-refractivity contribution is 9.10. The fraction of sp³-hybridized carbons (Fsp3) is 0.0714. The van der Waals surface area contributed by atoms with Gasteiger partial charge in [0.25, 0.3) is 0 Å². The maximum absolute atomic E-state index is 13.8. The Balaban J connectivity index is 2.47. The van der Waals surface area contributed by atoms with Crippen molar-refractivity contribution < 1.29 is 18.3 Å². The van der Waals surface area contributed by atoms with Crippen LogP contribution in [0.5, 0.6) is 5.75 Å². The summed E-state index contributed by atoms with van der Waals surface area (Å²) in [6, 6.07) is 7.59. The second kappa shape index (κ2) is 5.48.